The van der Waals surface area contributed by atoms with Crippen molar-refractivity contribution in [3.8, 4) is 0 Å². The van der Waals surface area contributed by atoms with Crippen LogP contribution in [0.25, 0.3) is 0 Å². The molecule has 0 bridgehead atoms. The van der Waals surface area contributed by atoms with Gasteiger partial charge in [0.1, 0.15) is 0 Å². The van der Waals surface area contributed by atoms with Crippen molar-refractivity contribution in [2.24, 2.45) is 11.7 Å². The number of hydrogen-bond acceptors (Lipinski definition) is 2. The molecule has 2 saturated carbocycles. The summed E-state index contributed by atoms with van der Waals surface area (Å²) < 4.78 is 5.92. The highest BCUT2D eigenvalue weighted by molar-refractivity contribution is 4.82. The Kier molecular flexibility index (Phi) is 2.66. The molecule has 12 heavy (non-hydrogen) atoms. The van der Waals surface area contributed by atoms with Gasteiger partial charge in [-0.05, 0) is 38.1 Å². The van der Waals surface area contributed by atoms with Crippen LogP contribution in [-0.4, -0.2) is 18.8 Å². The van der Waals surface area contributed by atoms with Gasteiger partial charge < -0.3 is 10.5 Å². The van der Waals surface area contributed by atoms with Crippen LogP contribution in [0.2, 0.25) is 0 Å². The lowest BCUT2D eigenvalue weighted by atomic mass is 9.82. The molecule has 0 saturated heterocycles. The molecule has 0 amide bonds. The van der Waals surface area contributed by atoms with Crippen molar-refractivity contribution >= 4 is 0 Å². The lowest BCUT2D eigenvalue weighted by Gasteiger charge is -2.36. The summed E-state index contributed by atoms with van der Waals surface area (Å²) >= 11 is 0. The zero-order valence-electron chi connectivity index (χ0n) is 7.67. The van der Waals surface area contributed by atoms with Crippen LogP contribution >= 0.6 is 0 Å². The van der Waals surface area contributed by atoms with E-state index in [9.17, 15) is 0 Å². The predicted molar refractivity (Wildman–Crippen MR) is 48.9 cm³/mol. The third-order valence-electron chi connectivity index (χ3n) is 3.21. The van der Waals surface area contributed by atoms with E-state index in [-0.39, 0.29) is 0 Å². The van der Waals surface area contributed by atoms with E-state index in [4.69, 9.17) is 10.5 Å². The molecule has 0 unspecified atom stereocenters. The molecule has 2 nitrogen and oxygen atoms in total. The Morgan fingerprint density at radius 2 is 1.75 bits per heavy atom. The van der Waals surface area contributed by atoms with E-state index in [1.165, 1.54) is 38.5 Å². The molecule has 70 valence electrons. The molecule has 0 radical (unpaired) electrons. The van der Waals surface area contributed by atoms with E-state index >= 15 is 0 Å². The average Bonchev–Trinajstić information content (AvgIpc) is 2.47. The van der Waals surface area contributed by atoms with Crippen molar-refractivity contribution in [1.82, 2.24) is 0 Å². The molecule has 0 heterocycles. The van der Waals surface area contributed by atoms with Crippen LogP contribution < -0.4 is 5.73 Å². The maximum Gasteiger partial charge on any atom is 0.0585 e. The first-order valence-electron chi connectivity index (χ1n) is 5.24. The number of nitrogens with two attached hydrogens (primary N) is 1. The van der Waals surface area contributed by atoms with Gasteiger partial charge in [-0.3, -0.25) is 0 Å². The lowest BCUT2D eigenvalue weighted by molar-refractivity contribution is -0.0704. The van der Waals surface area contributed by atoms with Gasteiger partial charge in [0, 0.05) is 0 Å². The minimum absolute atomic E-state index is 0.557. The van der Waals surface area contributed by atoms with E-state index in [1.54, 1.807) is 0 Å². The van der Waals surface area contributed by atoms with Crippen molar-refractivity contribution in [2.75, 3.05) is 6.54 Å². The highest BCUT2D eigenvalue weighted by atomic mass is 16.5. The fraction of sp³-hybridized carbons (Fsp3) is 1.00. The van der Waals surface area contributed by atoms with Crippen LogP contribution in [-0.2, 0) is 4.74 Å². The molecule has 2 N–H and O–H groups in total. The summed E-state index contributed by atoms with van der Waals surface area (Å²) in [6.07, 6.45) is 8.92. The summed E-state index contributed by atoms with van der Waals surface area (Å²) in [6, 6.07) is 0. The zero-order chi connectivity index (χ0) is 8.39. The summed E-state index contributed by atoms with van der Waals surface area (Å²) in [6.45, 7) is 0.852. The van der Waals surface area contributed by atoms with Gasteiger partial charge in [-0.15, -0.1) is 0 Å². The minimum atomic E-state index is 0.557. The molecule has 0 aliphatic heterocycles. The molecular weight excluding hydrogens is 150 g/mol. The third-order valence-corrected chi connectivity index (χ3v) is 3.21. The fourth-order valence-electron chi connectivity index (χ4n) is 2.27. The van der Waals surface area contributed by atoms with E-state index < -0.39 is 0 Å². The maximum absolute atomic E-state index is 5.92. The van der Waals surface area contributed by atoms with Crippen LogP contribution in [0.5, 0.6) is 0 Å². The number of hydrogen-bond donors (Lipinski definition) is 1. The van der Waals surface area contributed by atoms with Crippen LogP contribution in [0.15, 0.2) is 0 Å². The van der Waals surface area contributed by atoms with Gasteiger partial charge in [0.15, 0.2) is 0 Å². The molecule has 2 fully saturated rings. The monoisotopic (exact) mass is 169 g/mol. The largest absolute Gasteiger partial charge is 0.375 e. The lowest BCUT2D eigenvalue weighted by Crippen LogP contribution is -2.37. The van der Waals surface area contributed by atoms with E-state index in [2.05, 4.69) is 0 Å². The van der Waals surface area contributed by atoms with E-state index in [0.717, 1.165) is 12.5 Å². The smallest absolute Gasteiger partial charge is 0.0585 e. The molecule has 0 spiro atoms. The second-order valence-corrected chi connectivity index (χ2v) is 4.24. The normalized spacial score (nSPS) is 36.8. The molecule has 0 aromatic carbocycles. The van der Waals surface area contributed by atoms with Crippen molar-refractivity contribution in [1.29, 1.82) is 0 Å². The van der Waals surface area contributed by atoms with Crippen LogP contribution in [0.1, 0.15) is 38.5 Å². The van der Waals surface area contributed by atoms with Crippen LogP contribution in [0.3, 0.4) is 0 Å². The second-order valence-electron chi connectivity index (χ2n) is 4.24. The Hall–Kier alpha value is -0.0800. The van der Waals surface area contributed by atoms with Gasteiger partial charge in [0.2, 0.25) is 0 Å². The summed E-state index contributed by atoms with van der Waals surface area (Å²) in [5.74, 6) is 0.761. The van der Waals surface area contributed by atoms with Crippen molar-refractivity contribution < 1.29 is 4.74 Å². The van der Waals surface area contributed by atoms with Crippen molar-refractivity contribution in [3.05, 3.63) is 0 Å². The molecule has 2 rings (SSSR count). The maximum atomic E-state index is 5.92. The Bertz CT molecular complexity index is 137. The minimum Gasteiger partial charge on any atom is -0.375 e. The molecule has 0 aromatic rings. The molecule has 0 atom stereocenters. The summed E-state index contributed by atoms with van der Waals surface area (Å²) in [5.41, 5.74) is 5.55. The van der Waals surface area contributed by atoms with Gasteiger partial charge >= 0.3 is 0 Å². The molecular formula is C10H19NO. The molecule has 2 aliphatic rings. The highest BCUT2D eigenvalue weighted by Crippen LogP contribution is 2.33. The number of ether oxygens (including phenoxy) is 1. The summed E-state index contributed by atoms with van der Waals surface area (Å²) in [5, 5.41) is 0. The predicted octanol–water partition coefficient (Wildman–Crippen LogP) is 1.68. The Morgan fingerprint density at radius 3 is 2.33 bits per heavy atom. The second kappa shape index (κ2) is 3.75. The Balaban J connectivity index is 1.62. The highest BCUT2D eigenvalue weighted by Gasteiger charge is 2.31. The van der Waals surface area contributed by atoms with Gasteiger partial charge in [0.25, 0.3) is 0 Å². The first kappa shape index (κ1) is 8.52. The van der Waals surface area contributed by atoms with E-state index in [1.807, 2.05) is 0 Å². The average molecular weight is 169 g/mol. The summed E-state index contributed by atoms with van der Waals surface area (Å²) in [4.78, 5) is 0. The number of rotatable bonds is 3. The Labute approximate surface area is 74.5 Å². The van der Waals surface area contributed by atoms with Crippen LogP contribution in [0.4, 0.5) is 0 Å². The molecule has 2 heteroatoms. The Morgan fingerprint density at radius 1 is 1.08 bits per heavy atom. The standard InChI is InChI=1S/C10H19NO/c11-7-8-5-10(6-8)12-9-3-1-2-4-9/h8-10H,1-7,11H2. The zero-order valence-corrected chi connectivity index (χ0v) is 7.67. The fourth-order valence-corrected chi connectivity index (χ4v) is 2.27. The topological polar surface area (TPSA) is 35.2 Å². The van der Waals surface area contributed by atoms with Gasteiger partial charge in [-0.25, -0.2) is 0 Å². The first-order valence-corrected chi connectivity index (χ1v) is 5.24. The molecule has 0 aromatic heterocycles. The van der Waals surface area contributed by atoms with Crippen LogP contribution in [0, 0.1) is 5.92 Å². The van der Waals surface area contributed by atoms with Crippen molar-refractivity contribution in [2.45, 2.75) is 50.7 Å². The molecule has 2 aliphatic carbocycles. The quantitative estimate of drug-likeness (QED) is 0.697. The van der Waals surface area contributed by atoms with Gasteiger partial charge in [-0.2, -0.15) is 0 Å². The SMILES string of the molecule is NCC1CC(OC2CCCC2)C1. The van der Waals surface area contributed by atoms with Crippen molar-refractivity contribution in [3.63, 3.8) is 0 Å². The summed E-state index contributed by atoms with van der Waals surface area (Å²) in [7, 11) is 0. The van der Waals surface area contributed by atoms with Gasteiger partial charge in [0.05, 0.1) is 12.2 Å². The first-order chi connectivity index (χ1) is 5.88. The third kappa shape index (κ3) is 1.80. The van der Waals surface area contributed by atoms with Gasteiger partial charge in [-0.1, -0.05) is 12.8 Å². The van der Waals surface area contributed by atoms with E-state index in [0.29, 0.717) is 12.2 Å².